The molecule has 0 atom stereocenters. The van der Waals surface area contributed by atoms with Crippen LogP contribution in [-0.2, 0) is 0 Å². The topological polar surface area (TPSA) is 36.5 Å². The molecule has 0 unspecified atom stereocenters. The molecule has 0 amide bonds. The van der Waals surface area contributed by atoms with E-state index in [0.717, 1.165) is 0 Å². The minimum absolute atomic E-state index is 0. The molecule has 41 valence electrons. The van der Waals surface area contributed by atoms with Crippen LogP contribution in [-0.4, -0.2) is 19.7 Å². The average molecular weight is 441 g/mol. The minimum atomic E-state index is -0.0667. The Labute approximate surface area is 86.3 Å². The molecule has 0 fully saturated rings. The van der Waals surface area contributed by atoms with Crippen LogP contribution in [0.3, 0.4) is 0 Å². The summed E-state index contributed by atoms with van der Waals surface area (Å²) in [6.45, 7) is 0. The Balaban J connectivity index is -0.00000000667. The standard InChI is InChI=1S/CH3.2HI.H3N.S.Sb/h1H3;2*1H;1H3;;/q;;;;;+1/p-1. The van der Waals surface area contributed by atoms with Crippen LogP contribution in [0.4, 0.5) is 0 Å². The normalized spacial score (nSPS) is 2.17. The van der Waals surface area contributed by atoms with Crippen LogP contribution in [0.15, 0.2) is 0 Å². The van der Waals surface area contributed by atoms with E-state index in [0.29, 0.717) is 0 Å². The monoisotopic (exact) mass is 440 g/mol. The van der Waals surface area contributed by atoms with Crippen LogP contribution >= 0.6 is 9.19 Å². The van der Waals surface area contributed by atoms with E-state index in [1.54, 1.807) is 0 Å². The molecule has 6 heavy (non-hydrogen) atoms. The molecule has 4 N–H and O–H groups in total. The third-order valence-corrected chi connectivity index (χ3v) is 0. The second-order valence-electron chi connectivity index (χ2n) is 0.183. The fourth-order valence-electron chi connectivity index (χ4n) is 0. The van der Waals surface area contributed by atoms with Crippen molar-refractivity contribution >= 4 is 28.8 Å². The van der Waals surface area contributed by atoms with Crippen molar-refractivity contribution in [3.8, 4) is 0 Å². The Morgan fingerprint density at radius 2 is 1.33 bits per heavy atom. The second kappa shape index (κ2) is 26.0. The molecule has 0 saturated carbocycles. The van der Waals surface area contributed by atoms with E-state index in [4.69, 9.17) is 0 Å². The van der Waals surface area contributed by atoms with Gasteiger partial charge in [0.1, 0.15) is 0 Å². The van der Waals surface area contributed by atoms with E-state index in [9.17, 15) is 0 Å². The zero-order valence-electron chi connectivity index (χ0n) is 3.61. The predicted octanol–water partition coefficient (Wildman–Crippen LogP) is -4.76. The van der Waals surface area contributed by atoms with Crippen molar-refractivity contribution in [2.75, 3.05) is 0 Å². The van der Waals surface area contributed by atoms with Crippen molar-refractivity contribution in [3.63, 3.8) is 0 Å². The van der Waals surface area contributed by atoms with Crippen molar-refractivity contribution in [2.45, 2.75) is 4.87 Å². The Morgan fingerprint density at radius 3 is 1.33 bits per heavy atom. The maximum Gasteiger partial charge on any atom is -0.369 e. The second-order valence-corrected chi connectivity index (χ2v) is 3.67. The quantitative estimate of drug-likeness (QED) is 0.298. The first-order chi connectivity index (χ1) is 1.41. The number of hydrogen-bond donors (Lipinski definition) is 1. The van der Waals surface area contributed by atoms with Gasteiger partial charge in [-0.2, -0.15) is 0 Å². The molecule has 0 rings (SSSR count). The molecule has 0 aromatic carbocycles. The summed E-state index contributed by atoms with van der Waals surface area (Å²) in [5, 5.41) is 0. The third kappa shape index (κ3) is 31.8. The fraction of sp³-hybridized carbons (Fsp3) is 1.00. The SMILES string of the molecule is [CH3][Sb+]=[S].[I-].[I-].[NH4+]. The van der Waals surface area contributed by atoms with Crippen molar-refractivity contribution in [1.29, 1.82) is 0 Å². The van der Waals surface area contributed by atoms with Gasteiger partial charge in [-0.1, -0.05) is 0 Å². The third-order valence-electron chi connectivity index (χ3n) is 0. The molecule has 0 aromatic heterocycles. The molecular weight excluding hydrogens is 434 g/mol. The van der Waals surface area contributed by atoms with Crippen LogP contribution in [0, 0.1) is 0 Å². The number of quaternary nitrogens is 1. The summed E-state index contributed by atoms with van der Waals surface area (Å²) in [5.41, 5.74) is 0. The number of hydrogen-bond acceptors (Lipinski definition) is 1. The molecule has 0 aliphatic rings. The molecule has 0 aliphatic carbocycles. The number of rotatable bonds is 0. The van der Waals surface area contributed by atoms with E-state index in [-0.39, 0.29) is 73.8 Å². The molecule has 0 spiro atoms. The van der Waals surface area contributed by atoms with Gasteiger partial charge in [0.05, 0.1) is 0 Å². The minimum Gasteiger partial charge on any atom is -1.00 e. The zero-order chi connectivity index (χ0) is 2.71. The molecule has 0 aliphatic heterocycles. The molecule has 1 radical (unpaired) electrons. The van der Waals surface area contributed by atoms with Crippen molar-refractivity contribution in [1.82, 2.24) is 6.15 Å². The Kier molecular flexibility index (Phi) is 103. The maximum atomic E-state index is 4.54. The van der Waals surface area contributed by atoms with Gasteiger partial charge in [-0.25, -0.2) is 0 Å². The van der Waals surface area contributed by atoms with E-state index in [2.05, 4.69) is 14.1 Å². The largest absolute Gasteiger partial charge is 1.00 e. The first kappa shape index (κ1) is 23.7. The smallest absolute Gasteiger partial charge is 0.369 e. The van der Waals surface area contributed by atoms with E-state index in [1.165, 1.54) is 0 Å². The predicted molar refractivity (Wildman–Crippen MR) is 25.2 cm³/mol. The van der Waals surface area contributed by atoms with Crippen LogP contribution < -0.4 is 54.1 Å². The van der Waals surface area contributed by atoms with Gasteiger partial charge >= 0.3 is 33.7 Å². The van der Waals surface area contributed by atoms with Crippen LogP contribution in [0.25, 0.3) is 0 Å². The van der Waals surface area contributed by atoms with Gasteiger partial charge in [0, 0.05) is 0 Å². The van der Waals surface area contributed by atoms with E-state index >= 15 is 0 Å². The van der Waals surface area contributed by atoms with Crippen LogP contribution in [0.2, 0.25) is 4.87 Å². The van der Waals surface area contributed by atoms with Gasteiger partial charge in [0.2, 0.25) is 0 Å². The molecule has 0 aromatic rings. The maximum absolute atomic E-state index is 4.54. The van der Waals surface area contributed by atoms with Gasteiger partial charge in [-0.05, 0) is 0 Å². The van der Waals surface area contributed by atoms with Gasteiger partial charge < -0.3 is 54.1 Å². The van der Waals surface area contributed by atoms with Gasteiger partial charge in [-0.3, -0.25) is 0 Å². The summed E-state index contributed by atoms with van der Waals surface area (Å²) < 4.78 is 0. The van der Waals surface area contributed by atoms with Crippen molar-refractivity contribution in [3.05, 3.63) is 0 Å². The Morgan fingerprint density at radius 1 is 1.33 bits per heavy atom. The molecule has 0 heterocycles. The molecule has 0 saturated heterocycles. The Bertz CT molecular complexity index is 21.0. The van der Waals surface area contributed by atoms with E-state index < -0.39 is 0 Å². The summed E-state index contributed by atoms with van der Waals surface area (Å²) in [7, 11) is 4.54. The number of halogens is 2. The van der Waals surface area contributed by atoms with Crippen molar-refractivity contribution < 1.29 is 48.0 Å². The van der Waals surface area contributed by atoms with Crippen molar-refractivity contribution in [2.24, 2.45) is 0 Å². The van der Waals surface area contributed by atoms with E-state index in [1.807, 2.05) is 0 Å². The summed E-state index contributed by atoms with van der Waals surface area (Å²) >= 11 is -0.0667. The summed E-state index contributed by atoms with van der Waals surface area (Å²) in [5.74, 6) is 0. The zero-order valence-corrected chi connectivity index (χ0v) is 11.3. The van der Waals surface area contributed by atoms with Crippen LogP contribution in [0.1, 0.15) is 0 Å². The fourth-order valence-corrected chi connectivity index (χ4v) is 0. The summed E-state index contributed by atoms with van der Waals surface area (Å²) in [4.78, 5) is 2.09. The summed E-state index contributed by atoms with van der Waals surface area (Å²) in [6.07, 6.45) is 0. The first-order valence-corrected chi connectivity index (χ1v) is 6.67. The first-order valence-electron chi connectivity index (χ1n) is 0.630. The molecule has 5 heteroatoms. The molecule has 1 nitrogen and oxygen atoms in total. The Hall–Kier alpha value is 2.46. The van der Waals surface area contributed by atoms with Gasteiger partial charge in [0.15, 0.2) is 0 Å². The molecule has 0 bridgehead atoms. The molecular formula is CH7I2NSSb. The van der Waals surface area contributed by atoms with Gasteiger partial charge in [0.25, 0.3) is 0 Å². The van der Waals surface area contributed by atoms with Crippen LogP contribution in [0.5, 0.6) is 0 Å². The average Bonchev–Trinajstić information content (AvgIpc) is 0.918. The summed E-state index contributed by atoms with van der Waals surface area (Å²) in [6, 6.07) is 0. The van der Waals surface area contributed by atoms with Gasteiger partial charge in [-0.15, -0.1) is 0 Å².